The van der Waals surface area contributed by atoms with Gasteiger partial charge in [0.25, 0.3) is 0 Å². The number of aliphatic hydroxyl groups excluding tert-OH is 2. The predicted octanol–water partition coefficient (Wildman–Crippen LogP) is 1.77. The van der Waals surface area contributed by atoms with Gasteiger partial charge >= 0.3 is 0 Å². The van der Waals surface area contributed by atoms with Crippen LogP contribution in [-0.2, 0) is 11.3 Å². The molecular weight excluding hydrogens is 274 g/mol. The van der Waals surface area contributed by atoms with Gasteiger partial charge in [0.05, 0.1) is 25.4 Å². The largest absolute Gasteiger partial charge is 0.393 e. The number of ether oxygens (including phenoxy) is 1. The van der Waals surface area contributed by atoms with E-state index < -0.39 is 6.10 Å². The highest BCUT2D eigenvalue weighted by atomic mass is 32.1. The molecule has 0 spiro atoms. The Morgan fingerprint density at radius 3 is 3.10 bits per heavy atom. The number of rotatable bonds is 8. The van der Waals surface area contributed by atoms with E-state index in [4.69, 9.17) is 4.74 Å². The molecule has 114 valence electrons. The standard InChI is InChI=1S/C15H25NO3S/c17-13-4-1-3-12(7-13)8-16-9-14(18)10-19-11-15-5-2-6-20-15/h2,5-6,12-14,16-18H,1,3-4,7-11H2. The Morgan fingerprint density at radius 1 is 1.45 bits per heavy atom. The van der Waals surface area contributed by atoms with Crippen LogP contribution in [0.3, 0.4) is 0 Å². The molecule has 3 N–H and O–H groups in total. The van der Waals surface area contributed by atoms with Crippen molar-refractivity contribution >= 4 is 11.3 Å². The highest BCUT2D eigenvalue weighted by molar-refractivity contribution is 7.09. The van der Waals surface area contributed by atoms with Crippen LogP contribution < -0.4 is 5.32 Å². The Labute approximate surface area is 124 Å². The number of aliphatic hydroxyl groups is 2. The molecule has 2 rings (SSSR count). The van der Waals surface area contributed by atoms with Gasteiger partial charge in [0.1, 0.15) is 0 Å². The molecule has 4 nitrogen and oxygen atoms in total. The quantitative estimate of drug-likeness (QED) is 0.684. The van der Waals surface area contributed by atoms with Gasteiger partial charge in [-0.05, 0) is 43.2 Å². The van der Waals surface area contributed by atoms with E-state index in [1.165, 1.54) is 11.3 Å². The predicted molar refractivity (Wildman–Crippen MR) is 80.8 cm³/mol. The van der Waals surface area contributed by atoms with Crippen molar-refractivity contribution in [1.29, 1.82) is 0 Å². The third kappa shape index (κ3) is 5.89. The van der Waals surface area contributed by atoms with Crippen LogP contribution in [-0.4, -0.2) is 42.1 Å². The molecule has 0 radical (unpaired) electrons. The maximum atomic E-state index is 9.83. The van der Waals surface area contributed by atoms with Crippen molar-refractivity contribution in [3.63, 3.8) is 0 Å². The molecule has 3 unspecified atom stereocenters. The molecule has 1 fully saturated rings. The zero-order chi connectivity index (χ0) is 14.2. The molecule has 1 saturated carbocycles. The molecular formula is C15H25NO3S. The second-order valence-electron chi connectivity index (χ2n) is 5.59. The molecule has 0 aromatic carbocycles. The molecule has 1 aromatic heterocycles. The summed E-state index contributed by atoms with van der Waals surface area (Å²) in [5.41, 5.74) is 0. The molecule has 1 aromatic rings. The Bertz CT molecular complexity index is 358. The molecule has 1 aliphatic carbocycles. The lowest BCUT2D eigenvalue weighted by atomic mass is 9.87. The first-order chi connectivity index (χ1) is 9.74. The van der Waals surface area contributed by atoms with Crippen LogP contribution in [0.25, 0.3) is 0 Å². The third-order valence-corrected chi connectivity index (χ3v) is 4.55. The molecule has 0 saturated heterocycles. The lowest BCUT2D eigenvalue weighted by Crippen LogP contribution is -2.35. The number of thiophene rings is 1. The minimum atomic E-state index is -0.469. The van der Waals surface area contributed by atoms with Gasteiger partial charge in [0.2, 0.25) is 0 Å². The van der Waals surface area contributed by atoms with Crippen LogP contribution in [0.2, 0.25) is 0 Å². The van der Waals surface area contributed by atoms with Gasteiger partial charge in [-0.1, -0.05) is 12.5 Å². The molecule has 1 heterocycles. The lowest BCUT2D eigenvalue weighted by Gasteiger charge is -2.26. The third-order valence-electron chi connectivity index (χ3n) is 3.70. The maximum absolute atomic E-state index is 9.83. The number of nitrogens with one attached hydrogen (secondary N) is 1. The molecule has 5 heteroatoms. The normalized spacial score (nSPS) is 24.7. The van der Waals surface area contributed by atoms with E-state index in [1.807, 2.05) is 17.5 Å². The zero-order valence-electron chi connectivity index (χ0n) is 11.8. The number of hydrogen-bond donors (Lipinski definition) is 3. The zero-order valence-corrected chi connectivity index (χ0v) is 12.6. The van der Waals surface area contributed by atoms with Gasteiger partial charge in [0, 0.05) is 11.4 Å². The van der Waals surface area contributed by atoms with Gasteiger partial charge < -0.3 is 20.3 Å². The Hall–Kier alpha value is -0.460. The lowest BCUT2D eigenvalue weighted by molar-refractivity contribution is 0.0286. The second kappa shape index (κ2) is 8.74. The average Bonchev–Trinajstić information content (AvgIpc) is 2.92. The monoisotopic (exact) mass is 299 g/mol. The Morgan fingerprint density at radius 2 is 2.35 bits per heavy atom. The number of hydrogen-bond acceptors (Lipinski definition) is 5. The van der Waals surface area contributed by atoms with Crippen molar-refractivity contribution in [2.24, 2.45) is 5.92 Å². The van der Waals surface area contributed by atoms with E-state index in [1.54, 1.807) is 11.3 Å². The van der Waals surface area contributed by atoms with Gasteiger partial charge in [-0.3, -0.25) is 0 Å². The summed E-state index contributed by atoms with van der Waals surface area (Å²) < 4.78 is 5.48. The van der Waals surface area contributed by atoms with Gasteiger partial charge in [0.15, 0.2) is 0 Å². The van der Waals surface area contributed by atoms with Gasteiger partial charge in [-0.15, -0.1) is 11.3 Å². The summed E-state index contributed by atoms with van der Waals surface area (Å²) in [6.45, 7) is 2.36. The van der Waals surface area contributed by atoms with Crippen LogP contribution >= 0.6 is 11.3 Å². The molecule has 1 aliphatic rings. The molecule has 20 heavy (non-hydrogen) atoms. The average molecular weight is 299 g/mol. The fourth-order valence-corrected chi connectivity index (χ4v) is 3.29. The highest BCUT2D eigenvalue weighted by Gasteiger charge is 2.19. The molecule has 3 atom stereocenters. The summed E-state index contributed by atoms with van der Waals surface area (Å²) in [5, 5.41) is 24.7. The Balaban J connectivity index is 1.50. The van der Waals surface area contributed by atoms with Crippen molar-refractivity contribution in [3.05, 3.63) is 22.4 Å². The van der Waals surface area contributed by atoms with Crippen molar-refractivity contribution in [3.8, 4) is 0 Å². The summed E-state index contributed by atoms with van der Waals surface area (Å²) in [6, 6.07) is 4.03. The van der Waals surface area contributed by atoms with Crippen molar-refractivity contribution in [2.75, 3.05) is 19.7 Å². The van der Waals surface area contributed by atoms with Crippen LogP contribution in [0.1, 0.15) is 30.6 Å². The summed E-state index contributed by atoms with van der Waals surface area (Å²) in [7, 11) is 0. The SMILES string of the molecule is OC(CNCC1CCCC(O)C1)COCc1cccs1. The topological polar surface area (TPSA) is 61.7 Å². The van der Waals surface area contributed by atoms with Crippen molar-refractivity contribution in [2.45, 2.75) is 44.5 Å². The van der Waals surface area contributed by atoms with E-state index in [2.05, 4.69) is 5.32 Å². The first-order valence-electron chi connectivity index (χ1n) is 7.41. The van der Waals surface area contributed by atoms with E-state index >= 15 is 0 Å². The molecule has 0 amide bonds. The Kier molecular flexibility index (Phi) is 6.96. The maximum Gasteiger partial charge on any atom is 0.0897 e. The van der Waals surface area contributed by atoms with Crippen molar-refractivity contribution < 1.29 is 14.9 Å². The summed E-state index contributed by atoms with van der Waals surface area (Å²) >= 11 is 1.67. The molecule has 0 bridgehead atoms. The highest BCUT2D eigenvalue weighted by Crippen LogP contribution is 2.23. The minimum Gasteiger partial charge on any atom is -0.393 e. The van der Waals surface area contributed by atoms with Crippen molar-refractivity contribution in [1.82, 2.24) is 5.32 Å². The van der Waals surface area contributed by atoms with Gasteiger partial charge in [-0.2, -0.15) is 0 Å². The first-order valence-corrected chi connectivity index (χ1v) is 8.29. The summed E-state index contributed by atoms with van der Waals surface area (Å²) in [5.74, 6) is 0.540. The van der Waals surface area contributed by atoms with E-state index in [0.29, 0.717) is 25.7 Å². The van der Waals surface area contributed by atoms with Crippen LogP contribution in [0.4, 0.5) is 0 Å². The first kappa shape index (κ1) is 15.9. The fourth-order valence-electron chi connectivity index (χ4n) is 2.65. The minimum absolute atomic E-state index is 0.130. The summed E-state index contributed by atoms with van der Waals surface area (Å²) in [6.07, 6.45) is 3.51. The van der Waals surface area contributed by atoms with E-state index in [9.17, 15) is 10.2 Å². The fraction of sp³-hybridized carbons (Fsp3) is 0.733. The summed E-state index contributed by atoms with van der Waals surface area (Å²) in [4.78, 5) is 1.18. The van der Waals surface area contributed by atoms with Crippen LogP contribution in [0.5, 0.6) is 0 Å². The smallest absolute Gasteiger partial charge is 0.0897 e. The van der Waals surface area contributed by atoms with E-state index in [-0.39, 0.29) is 6.10 Å². The molecule has 0 aliphatic heterocycles. The van der Waals surface area contributed by atoms with Crippen LogP contribution in [0.15, 0.2) is 17.5 Å². The van der Waals surface area contributed by atoms with Gasteiger partial charge in [-0.25, -0.2) is 0 Å². The van der Waals surface area contributed by atoms with Crippen LogP contribution in [0, 0.1) is 5.92 Å². The van der Waals surface area contributed by atoms with E-state index in [0.717, 1.165) is 25.8 Å². The second-order valence-corrected chi connectivity index (χ2v) is 6.63.